The summed E-state index contributed by atoms with van der Waals surface area (Å²) in [5.74, 6) is 0.341. The van der Waals surface area contributed by atoms with Gasteiger partial charge in [0.15, 0.2) is 0 Å². The molecule has 3 aliphatic rings. The predicted octanol–water partition coefficient (Wildman–Crippen LogP) is 3.62. The molecule has 0 radical (unpaired) electrons. The summed E-state index contributed by atoms with van der Waals surface area (Å²) in [4.78, 5) is 30.1. The molecule has 5 rings (SSSR count). The van der Waals surface area contributed by atoms with Crippen LogP contribution in [0.2, 0.25) is 0 Å². The van der Waals surface area contributed by atoms with Gasteiger partial charge >= 0.3 is 0 Å². The lowest BCUT2D eigenvalue weighted by atomic mass is 9.70. The van der Waals surface area contributed by atoms with Gasteiger partial charge in [-0.3, -0.25) is 9.59 Å². The molecule has 1 N–H and O–H groups in total. The Morgan fingerprint density at radius 2 is 1.90 bits per heavy atom. The fraction of sp³-hybridized carbons (Fsp3) is 0.440. The van der Waals surface area contributed by atoms with Crippen molar-refractivity contribution >= 4 is 11.8 Å². The second-order valence-corrected chi connectivity index (χ2v) is 9.18. The van der Waals surface area contributed by atoms with Crippen molar-refractivity contribution in [2.24, 2.45) is 11.8 Å². The average Bonchev–Trinajstić information content (AvgIpc) is 2.76. The lowest BCUT2D eigenvalue weighted by molar-refractivity contribution is -0.151. The van der Waals surface area contributed by atoms with E-state index in [4.69, 9.17) is 0 Å². The number of amides is 2. The number of rotatable bonds is 3. The molecule has 0 aliphatic carbocycles. The first-order chi connectivity index (χ1) is 15.0. The second-order valence-electron chi connectivity index (χ2n) is 9.18. The number of carbonyl (C=O) groups is 2. The maximum atomic E-state index is 13.8. The minimum atomic E-state index is -0.267. The number of carbonyl (C=O) groups excluding carboxylic acids is 2. The third-order valence-corrected chi connectivity index (χ3v) is 7.21. The minimum absolute atomic E-state index is 0.0318. The Morgan fingerprint density at radius 1 is 1.10 bits per heavy atom. The summed E-state index contributed by atoms with van der Waals surface area (Å²) in [6, 6.07) is 13.2. The van der Waals surface area contributed by atoms with Crippen LogP contribution in [0.1, 0.15) is 41.6 Å². The molecule has 3 fully saturated rings. The van der Waals surface area contributed by atoms with Crippen LogP contribution < -0.4 is 0 Å². The average molecular weight is 423 g/mol. The highest BCUT2D eigenvalue weighted by Crippen LogP contribution is 2.43. The van der Waals surface area contributed by atoms with E-state index in [1.54, 1.807) is 30.3 Å². The number of benzene rings is 2. The van der Waals surface area contributed by atoms with Crippen LogP contribution in [0.4, 0.5) is 4.39 Å². The van der Waals surface area contributed by atoms with Crippen molar-refractivity contribution in [3.05, 3.63) is 65.5 Å². The number of hydrogen-bond donors (Lipinski definition) is 1. The third kappa shape index (κ3) is 3.80. The summed E-state index contributed by atoms with van der Waals surface area (Å²) < 4.78 is 13.8. The standard InChI is InChI=1S/C25H27FN2O3/c26-20-6-1-4-16(10-20)11-23-19-12-18(22-8-3-9-24(30)28(22)23)14-27(15-19)25(31)17-5-2-7-21(29)13-17/h1-2,4-7,10,13,18-19,22-23,29H,3,8-9,11-12,14-15H2/t18-,19+,22+,23+/m1/s1. The maximum Gasteiger partial charge on any atom is 0.254 e. The third-order valence-electron chi connectivity index (χ3n) is 7.21. The number of aromatic hydroxyl groups is 1. The number of fused-ring (bicyclic) bond motifs is 4. The number of hydrogen-bond acceptors (Lipinski definition) is 3. The predicted molar refractivity (Wildman–Crippen MR) is 114 cm³/mol. The summed E-state index contributed by atoms with van der Waals surface area (Å²) in [6.45, 7) is 1.20. The molecule has 31 heavy (non-hydrogen) atoms. The first-order valence-electron chi connectivity index (χ1n) is 11.1. The lowest BCUT2D eigenvalue weighted by Crippen LogP contribution is -2.66. The molecule has 4 atom stereocenters. The molecule has 162 valence electrons. The highest BCUT2D eigenvalue weighted by molar-refractivity contribution is 5.94. The molecule has 3 saturated heterocycles. The molecule has 5 nitrogen and oxygen atoms in total. The molecule has 0 unspecified atom stereocenters. The largest absolute Gasteiger partial charge is 0.508 e. The summed E-state index contributed by atoms with van der Waals surface area (Å²) in [7, 11) is 0. The number of phenols is 1. The molecule has 0 saturated carbocycles. The highest BCUT2D eigenvalue weighted by Gasteiger charge is 2.49. The van der Waals surface area contributed by atoms with Gasteiger partial charge in [-0.1, -0.05) is 18.2 Å². The second kappa shape index (κ2) is 7.98. The number of piperidine rings is 3. The van der Waals surface area contributed by atoms with Crippen LogP contribution in [-0.2, 0) is 11.2 Å². The van der Waals surface area contributed by atoms with Crippen molar-refractivity contribution < 1.29 is 19.1 Å². The van der Waals surface area contributed by atoms with Crippen molar-refractivity contribution in [1.29, 1.82) is 0 Å². The molecule has 2 aromatic rings. The summed E-state index contributed by atoms with van der Waals surface area (Å²) in [6.07, 6.45) is 4.00. The van der Waals surface area contributed by atoms with Gasteiger partial charge in [-0.25, -0.2) is 4.39 Å². The normalized spacial score (nSPS) is 27.7. The van der Waals surface area contributed by atoms with Gasteiger partial charge in [0, 0.05) is 37.2 Å². The zero-order chi connectivity index (χ0) is 21.5. The van der Waals surface area contributed by atoms with E-state index in [0.717, 1.165) is 24.8 Å². The number of phenolic OH excluding ortho intramolecular Hbond substituents is 1. The van der Waals surface area contributed by atoms with Gasteiger partial charge in [-0.15, -0.1) is 0 Å². The van der Waals surface area contributed by atoms with Crippen molar-refractivity contribution in [2.75, 3.05) is 13.1 Å². The van der Waals surface area contributed by atoms with Gasteiger partial charge in [0.2, 0.25) is 5.91 Å². The topological polar surface area (TPSA) is 60.9 Å². The number of halogens is 1. The van der Waals surface area contributed by atoms with Gasteiger partial charge in [-0.2, -0.15) is 0 Å². The van der Waals surface area contributed by atoms with E-state index in [0.29, 0.717) is 31.5 Å². The van der Waals surface area contributed by atoms with Crippen molar-refractivity contribution in [3.63, 3.8) is 0 Å². The zero-order valence-electron chi connectivity index (χ0n) is 17.4. The Kier molecular flexibility index (Phi) is 5.16. The number of likely N-dealkylation sites (tertiary alicyclic amines) is 1. The fourth-order valence-corrected chi connectivity index (χ4v) is 5.93. The Balaban J connectivity index is 1.45. The van der Waals surface area contributed by atoms with Crippen molar-refractivity contribution in [2.45, 2.75) is 44.2 Å². The van der Waals surface area contributed by atoms with E-state index in [-0.39, 0.29) is 47.3 Å². The molecular formula is C25H27FN2O3. The van der Waals surface area contributed by atoms with Crippen LogP contribution in [0.15, 0.2) is 48.5 Å². The maximum absolute atomic E-state index is 13.8. The van der Waals surface area contributed by atoms with Crippen LogP contribution >= 0.6 is 0 Å². The molecule has 3 heterocycles. The molecule has 2 amide bonds. The quantitative estimate of drug-likeness (QED) is 0.822. The fourth-order valence-electron chi connectivity index (χ4n) is 5.93. The van der Waals surface area contributed by atoms with Crippen molar-refractivity contribution in [3.8, 4) is 5.75 Å². The summed E-state index contributed by atoms with van der Waals surface area (Å²) in [5, 5.41) is 9.79. The monoisotopic (exact) mass is 422 g/mol. The number of nitrogens with zero attached hydrogens (tertiary/aromatic N) is 2. The van der Waals surface area contributed by atoms with Crippen LogP contribution in [-0.4, -0.2) is 51.9 Å². The SMILES string of the molecule is O=C(c1cccc(O)c1)N1C[C@H]2C[C@@H](C1)[C@H](Cc1cccc(F)c1)N1C(=O)CCC[C@@H]21. The Morgan fingerprint density at radius 3 is 2.71 bits per heavy atom. The zero-order valence-corrected chi connectivity index (χ0v) is 17.4. The van der Waals surface area contributed by atoms with Gasteiger partial charge < -0.3 is 14.9 Å². The smallest absolute Gasteiger partial charge is 0.254 e. The van der Waals surface area contributed by atoms with Gasteiger partial charge in [0.25, 0.3) is 5.91 Å². The summed E-state index contributed by atoms with van der Waals surface area (Å²) >= 11 is 0. The molecule has 3 aliphatic heterocycles. The van der Waals surface area contributed by atoms with Gasteiger partial charge in [0.05, 0.1) is 0 Å². The molecule has 2 bridgehead atoms. The molecule has 6 heteroatoms. The first-order valence-corrected chi connectivity index (χ1v) is 11.1. The Labute approximate surface area is 181 Å². The van der Waals surface area contributed by atoms with E-state index in [1.807, 2.05) is 11.0 Å². The minimum Gasteiger partial charge on any atom is -0.508 e. The molecule has 2 aromatic carbocycles. The van der Waals surface area contributed by atoms with Gasteiger partial charge in [-0.05, 0) is 73.4 Å². The Bertz CT molecular complexity index is 1010. The van der Waals surface area contributed by atoms with E-state index in [9.17, 15) is 19.1 Å². The highest BCUT2D eigenvalue weighted by atomic mass is 19.1. The summed E-state index contributed by atoms with van der Waals surface area (Å²) in [5.41, 5.74) is 1.37. The molecule has 0 aromatic heterocycles. The van der Waals surface area contributed by atoms with Crippen molar-refractivity contribution in [1.82, 2.24) is 9.80 Å². The van der Waals surface area contributed by atoms with E-state index in [1.165, 1.54) is 12.1 Å². The van der Waals surface area contributed by atoms with Crippen LogP contribution in [0.5, 0.6) is 5.75 Å². The van der Waals surface area contributed by atoms with Crippen LogP contribution in [0.25, 0.3) is 0 Å². The molecular weight excluding hydrogens is 395 g/mol. The lowest BCUT2D eigenvalue weighted by Gasteiger charge is -2.56. The van der Waals surface area contributed by atoms with Gasteiger partial charge in [0.1, 0.15) is 11.6 Å². The van der Waals surface area contributed by atoms with Crippen LogP contribution in [0.3, 0.4) is 0 Å². The first kappa shape index (κ1) is 20.0. The van der Waals surface area contributed by atoms with E-state index < -0.39 is 0 Å². The Hall–Kier alpha value is -2.89. The van der Waals surface area contributed by atoms with E-state index >= 15 is 0 Å². The van der Waals surface area contributed by atoms with Crippen LogP contribution in [0, 0.1) is 17.7 Å². The molecule has 0 spiro atoms. The van der Waals surface area contributed by atoms with E-state index in [2.05, 4.69) is 4.90 Å².